The van der Waals surface area contributed by atoms with E-state index in [1.807, 2.05) is 0 Å². The fraction of sp³-hybridized carbons (Fsp3) is 1.00. The van der Waals surface area contributed by atoms with Crippen LogP contribution in [0.15, 0.2) is 0 Å². The Hall–Kier alpha value is -0.0800. The minimum absolute atomic E-state index is 0.789. The Bertz CT molecular complexity index is 136. The first-order valence-corrected chi connectivity index (χ1v) is 5.64. The molecule has 1 saturated carbocycles. The maximum absolute atomic E-state index is 5.46. The van der Waals surface area contributed by atoms with Crippen LogP contribution in [0, 0.1) is 17.8 Å². The lowest BCUT2D eigenvalue weighted by Gasteiger charge is -2.11. The second-order valence-electron chi connectivity index (χ2n) is 4.67. The molecule has 3 unspecified atom stereocenters. The van der Waals surface area contributed by atoms with Crippen LogP contribution in [-0.4, -0.2) is 19.6 Å². The Morgan fingerprint density at radius 3 is 2.77 bits per heavy atom. The predicted octanol–water partition coefficient (Wildman–Crippen LogP) is 1.61. The van der Waals surface area contributed by atoms with Crippen molar-refractivity contribution >= 4 is 0 Å². The Balaban J connectivity index is 1.86. The fourth-order valence-corrected chi connectivity index (χ4v) is 1.77. The maximum Gasteiger partial charge on any atom is -0.00178 e. The molecule has 0 aliphatic heterocycles. The summed E-state index contributed by atoms with van der Waals surface area (Å²) in [5.74, 6) is 2.74. The molecule has 3 atom stereocenters. The van der Waals surface area contributed by atoms with Gasteiger partial charge in [-0.15, -0.1) is 0 Å². The molecule has 0 bridgehead atoms. The molecule has 3 N–H and O–H groups in total. The van der Waals surface area contributed by atoms with E-state index >= 15 is 0 Å². The van der Waals surface area contributed by atoms with E-state index in [-0.39, 0.29) is 0 Å². The molecule has 2 heteroatoms. The smallest absolute Gasteiger partial charge is 0.00178 e. The lowest BCUT2D eigenvalue weighted by Crippen LogP contribution is -2.24. The molecule has 78 valence electrons. The number of hydrogen-bond acceptors (Lipinski definition) is 2. The third kappa shape index (κ3) is 4.63. The van der Waals surface area contributed by atoms with E-state index in [0.717, 1.165) is 24.3 Å². The van der Waals surface area contributed by atoms with Crippen molar-refractivity contribution in [1.29, 1.82) is 0 Å². The standard InChI is InChI=1S/C11H24N2/c1-9(4-3-5-12)7-13-8-11-6-10(11)2/h9-11,13H,3-8,12H2,1-2H3. The van der Waals surface area contributed by atoms with E-state index in [2.05, 4.69) is 19.2 Å². The van der Waals surface area contributed by atoms with Crippen molar-refractivity contribution in [2.75, 3.05) is 19.6 Å². The molecule has 1 fully saturated rings. The summed E-state index contributed by atoms with van der Waals surface area (Å²) in [6, 6.07) is 0. The van der Waals surface area contributed by atoms with E-state index in [4.69, 9.17) is 5.73 Å². The Labute approximate surface area is 82.3 Å². The average molecular weight is 184 g/mol. The van der Waals surface area contributed by atoms with Crippen LogP contribution in [0.1, 0.15) is 33.1 Å². The first-order valence-electron chi connectivity index (χ1n) is 5.64. The molecule has 0 amide bonds. The van der Waals surface area contributed by atoms with Gasteiger partial charge in [0.2, 0.25) is 0 Å². The number of hydrogen-bond donors (Lipinski definition) is 2. The summed E-state index contributed by atoms with van der Waals surface area (Å²) >= 11 is 0. The van der Waals surface area contributed by atoms with Crippen LogP contribution < -0.4 is 11.1 Å². The zero-order valence-corrected chi connectivity index (χ0v) is 9.05. The molecule has 1 aliphatic carbocycles. The van der Waals surface area contributed by atoms with Crippen molar-refractivity contribution in [3.63, 3.8) is 0 Å². The molecule has 0 heterocycles. The monoisotopic (exact) mass is 184 g/mol. The van der Waals surface area contributed by atoms with Gasteiger partial charge in [-0.1, -0.05) is 13.8 Å². The van der Waals surface area contributed by atoms with Gasteiger partial charge in [-0.3, -0.25) is 0 Å². The molecular formula is C11H24N2. The van der Waals surface area contributed by atoms with Gasteiger partial charge in [0.05, 0.1) is 0 Å². The van der Waals surface area contributed by atoms with Crippen molar-refractivity contribution in [1.82, 2.24) is 5.32 Å². The van der Waals surface area contributed by atoms with Crippen LogP contribution in [0.4, 0.5) is 0 Å². The van der Waals surface area contributed by atoms with E-state index in [0.29, 0.717) is 0 Å². The van der Waals surface area contributed by atoms with Gasteiger partial charge in [-0.2, -0.15) is 0 Å². The molecule has 2 nitrogen and oxygen atoms in total. The highest BCUT2D eigenvalue weighted by Crippen LogP contribution is 2.36. The molecular weight excluding hydrogens is 160 g/mol. The average Bonchev–Trinajstić information content (AvgIpc) is 2.79. The van der Waals surface area contributed by atoms with Gasteiger partial charge in [0.15, 0.2) is 0 Å². The van der Waals surface area contributed by atoms with E-state index in [1.165, 1.54) is 32.4 Å². The minimum atomic E-state index is 0.789. The summed E-state index contributed by atoms with van der Waals surface area (Å²) in [7, 11) is 0. The molecule has 1 rings (SSSR count). The summed E-state index contributed by atoms with van der Waals surface area (Å²) in [5, 5.41) is 3.55. The summed E-state index contributed by atoms with van der Waals surface area (Å²) < 4.78 is 0. The Morgan fingerprint density at radius 2 is 2.23 bits per heavy atom. The molecule has 0 saturated heterocycles. The number of nitrogens with two attached hydrogens (primary N) is 1. The fourth-order valence-electron chi connectivity index (χ4n) is 1.77. The quantitative estimate of drug-likeness (QED) is 0.631. The van der Waals surface area contributed by atoms with Crippen molar-refractivity contribution in [2.24, 2.45) is 23.5 Å². The van der Waals surface area contributed by atoms with Crippen molar-refractivity contribution < 1.29 is 0 Å². The van der Waals surface area contributed by atoms with Gasteiger partial charge >= 0.3 is 0 Å². The summed E-state index contributed by atoms with van der Waals surface area (Å²) in [5.41, 5.74) is 5.46. The van der Waals surface area contributed by atoms with Gasteiger partial charge in [0, 0.05) is 0 Å². The molecule has 0 spiro atoms. The topological polar surface area (TPSA) is 38.0 Å². The van der Waals surface area contributed by atoms with Crippen LogP contribution in [0.5, 0.6) is 0 Å². The van der Waals surface area contributed by atoms with Gasteiger partial charge < -0.3 is 11.1 Å². The van der Waals surface area contributed by atoms with Gasteiger partial charge in [-0.05, 0) is 56.7 Å². The first kappa shape index (κ1) is 11.0. The summed E-state index contributed by atoms with van der Waals surface area (Å²) in [4.78, 5) is 0. The third-order valence-electron chi connectivity index (χ3n) is 3.08. The molecule has 1 aliphatic rings. The predicted molar refractivity (Wildman–Crippen MR) is 57.6 cm³/mol. The lowest BCUT2D eigenvalue weighted by molar-refractivity contribution is 0.460. The first-order chi connectivity index (χ1) is 6.24. The summed E-state index contributed by atoms with van der Waals surface area (Å²) in [6.07, 6.45) is 3.87. The van der Waals surface area contributed by atoms with Crippen LogP contribution >= 0.6 is 0 Å². The summed E-state index contributed by atoms with van der Waals surface area (Å²) in [6.45, 7) is 7.88. The minimum Gasteiger partial charge on any atom is -0.330 e. The SMILES string of the molecule is CC(CCCN)CNCC1CC1C. The largest absolute Gasteiger partial charge is 0.330 e. The highest BCUT2D eigenvalue weighted by Gasteiger charge is 2.31. The van der Waals surface area contributed by atoms with Gasteiger partial charge in [0.1, 0.15) is 0 Å². The highest BCUT2D eigenvalue weighted by molar-refractivity contribution is 4.84. The van der Waals surface area contributed by atoms with E-state index in [1.54, 1.807) is 0 Å². The number of rotatable bonds is 7. The van der Waals surface area contributed by atoms with Crippen LogP contribution in [0.2, 0.25) is 0 Å². The lowest BCUT2D eigenvalue weighted by atomic mass is 10.1. The second kappa shape index (κ2) is 5.61. The molecule has 13 heavy (non-hydrogen) atoms. The molecule has 0 aromatic carbocycles. The highest BCUT2D eigenvalue weighted by atomic mass is 14.9. The van der Waals surface area contributed by atoms with Crippen molar-refractivity contribution in [3.05, 3.63) is 0 Å². The number of nitrogens with one attached hydrogen (secondary N) is 1. The van der Waals surface area contributed by atoms with Crippen molar-refractivity contribution in [3.8, 4) is 0 Å². The van der Waals surface area contributed by atoms with Crippen LogP contribution in [0.25, 0.3) is 0 Å². The van der Waals surface area contributed by atoms with E-state index in [9.17, 15) is 0 Å². The molecule has 0 radical (unpaired) electrons. The van der Waals surface area contributed by atoms with E-state index < -0.39 is 0 Å². The van der Waals surface area contributed by atoms with Crippen LogP contribution in [-0.2, 0) is 0 Å². The molecule has 0 aromatic heterocycles. The van der Waals surface area contributed by atoms with Gasteiger partial charge in [-0.25, -0.2) is 0 Å². The maximum atomic E-state index is 5.46. The Kier molecular flexibility index (Phi) is 4.74. The van der Waals surface area contributed by atoms with Gasteiger partial charge in [0.25, 0.3) is 0 Å². The third-order valence-corrected chi connectivity index (χ3v) is 3.08. The Morgan fingerprint density at radius 1 is 1.54 bits per heavy atom. The molecule has 0 aromatic rings. The normalized spacial score (nSPS) is 28.8. The zero-order valence-electron chi connectivity index (χ0n) is 9.05. The van der Waals surface area contributed by atoms with Crippen LogP contribution in [0.3, 0.4) is 0 Å². The van der Waals surface area contributed by atoms with Crippen molar-refractivity contribution in [2.45, 2.75) is 33.1 Å². The zero-order chi connectivity index (χ0) is 9.68. The second-order valence-corrected chi connectivity index (χ2v) is 4.67.